The van der Waals surface area contributed by atoms with Gasteiger partial charge in [0.2, 0.25) is 0 Å². The predicted octanol–water partition coefficient (Wildman–Crippen LogP) is 3.41. The Labute approximate surface area is 119 Å². The normalized spacial score (nSPS) is 10.3. The molecule has 2 aromatic carbocycles. The average Bonchev–Trinajstić information content (AvgIpc) is 2.45. The fraction of sp³-hybridized carbons (Fsp3) is 0.235. The highest BCUT2D eigenvalue weighted by molar-refractivity contribution is 5.99. The molecule has 104 valence electrons. The lowest BCUT2D eigenvalue weighted by Gasteiger charge is -2.22. The van der Waals surface area contributed by atoms with Crippen LogP contribution in [0.25, 0.3) is 0 Å². The molecule has 2 aromatic rings. The molecular weight excluding hydrogens is 250 g/mol. The van der Waals surface area contributed by atoms with E-state index in [0.717, 1.165) is 12.2 Å². The van der Waals surface area contributed by atoms with Crippen molar-refractivity contribution in [2.24, 2.45) is 0 Å². The van der Waals surface area contributed by atoms with Crippen LogP contribution < -0.4 is 4.90 Å². The molecule has 0 aliphatic carbocycles. The Kier molecular flexibility index (Phi) is 4.41. The number of hydrogen-bond donors (Lipinski definition) is 1. The number of ketones is 1. The minimum atomic E-state index is 0.0494. The van der Waals surface area contributed by atoms with E-state index in [1.165, 1.54) is 17.7 Å². The summed E-state index contributed by atoms with van der Waals surface area (Å²) in [5.41, 5.74) is 2.85. The van der Waals surface area contributed by atoms with Gasteiger partial charge < -0.3 is 10.0 Å². The number of aromatic hydroxyl groups is 1. The van der Waals surface area contributed by atoms with Crippen LogP contribution in [0.15, 0.2) is 48.5 Å². The van der Waals surface area contributed by atoms with Crippen molar-refractivity contribution in [3.8, 4) is 5.75 Å². The van der Waals surface area contributed by atoms with Crippen molar-refractivity contribution in [2.75, 3.05) is 18.0 Å². The molecule has 0 aliphatic rings. The Morgan fingerprint density at radius 3 is 2.45 bits per heavy atom. The Morgan fingerprint density at radius 2 is 1.85 bits per heavy atom. The summed E-state index contributed by atoms with van der Waals surface area (Å²) in [5.74, 6) is 0.223. The van der Waals surface area contributed by atoms with Crippen LogP contribution in [-0.4, -0.2) is 24.0 Å². The largest absolute Gasteiger partial charge is 0.508 e. The number of Topliss-reactive ketones (excluding diaryl/α,β-unsaturated/α-hetero) is 1. The Hall–Kier alpha value is -2.29. The van der Waals surface area contributed by atoms with Gasteiger partial charge in [-0.05, 0) is 55.8 Å². The molecule has 3 heteroatoms. The summed E-state index contributed by atoms with van der Waals surface area (Å²) in [6.45, 7) is 5.18. The van der Waals surface area contributed by atoms with E-state index in [1.807, 2.05) is 36.9 Å². The van der Waals surface area contributed by atoms with Gasteiger partial charge in [-0.3, -0.25) is 4.79 Å². The van der Waals surface area contributed by atoms with Crippen molar-refractivity contribution in [1.29, 1.82) is 0 Å². The van der Waals surface area contributed by atoms with E-state index >= 15 is 0 Å². The van der Waals surface area contributed by atoms with Crippen molar-refractivity contribution < 1.29 is 9.90 Å². The summed E-state index contributed by atoms with van der Waals surface area (Å²) in [4.78, 5) is 14.3. The summed E-state index contributed by atoms with van der Waals surface area (Å²) in [6, 6.07) is 14.5. The standard InChI is InChI=1S/C17H19NO2/c1-3-18(15-6-4-5-13(2)11-15)12-17(20)14-7-9-16(19)10-8-14/h4-11,19H,3,12H2,1-2H3. The summed E-state index contributed by atoms with van der Waals surface area (Å²) in [5, 5.41) is 9.25. The van der Waals surface area contributed by atoms with E-state index in [0.29, 0.717) is 12.1 Å². The smallest absolute Gasteiger partial charge is 0.182 e. The first kappa shape index (κ1) is 14.1. The van der Waals surface area contributed by atoms with Gasteiger partial charge in [0, 0.05) is 17.8 Å². The number of aryl methyl sites for hydroxylation is 1. The molecule has 0 amide bonds. The summed E-state index contributed by atoms with van der Waals surface area (Å²) in [6.07, 6.45) is 0. The zero-order chi connectivity index (χ0) is 14.5. The molecule has 0 heterocycles. The molecule has 1 N–H and O–H groups in total. The van der Waals surface area contributed by atoms with E-state index in [-0.39, 0.29) is 11.5 Å². The van der Waals surface area contributed by atoms with Crippen LogP contribution in [0.4, 0.5) is 5.69 Å². The highest BCUT2D eigenvalue weighted by Gasteiger charge is 2.12. The van der Waals surface area contributed by atoms with Gasteiger partial charge in [-0.15, -0.1) is 0 Å². The molecule has 0 aliphatic heterocycles. The lowest BCUT2D eigenvalue weighted by Crippen LogP contribution is -2.29. The number of rotatable bonds is 5. The van der Waals surface area contributed by atoms with Gasteiger partial charge in [0.25, 0.3) is 0 Å². The van der Waals surface area contributed by atoms with Crippen LogP contribution in [0.1, 0.15) is 22.8 Å². The van der Waals surface area contributed by atoms with Crippen LogP contribution in [-0.2, 0) is 0 Å². The number of nitrogens with zero attached hydrogens (tertiary/aromatic N) is 1. The van der Waals surface area contributed by atoms with Crippen LogP contribution >= 0.6 is 0 Å². The van der Waals surface area contributed by atoms with Crippen molar-refractivity contribution in [2.45, 2.75) is 13.8 Å². The molecule has 0 spiro atoms. The molecule has 2 rings (SSSR count). The van der Waals surface area contributed by atoms with Gasteiger partial charge in [0.15, 0.2) is 5.78 Å². The fourth-order valence-corrected chi connectivity index (χ4v) is 2.12. The lowest BCUT2D eigenvalue weighted by atomic mass is 10.1. The molecule has 0 saturated heterocycles. The van der Waals surface area contributed by atoms with E-state index in [4.69, 9.17) is 0 Å². The van der Waals surface area contributed by atoms with E-state index < -0.39 is 0 Å². The van der Waals surface area contributed by atoms with Gasteiger partial charge in [-0.25, -0.2) is 0 Å². The topological polar surface area (TPSA) is 40.5 Å². The molecule has 0 aromatic heterocycles. The maximum Gasteiger partial charge on any atom is 0.182 e. The number of phenols is 1. The summed E-state index contributed by atoms with van der Waals surface area (Å²) >= 11 is 0. The maximum atomic E-state index is 12.3. The van der Waals surface area contributed by atoms with Crippen LogP contribution in [0.5, 0.6) is 5.75 Å². The van der Waals surface area contributed by atoms with Gasteiger partial charge in [0.05, 0.1) is 6.54 Å². The molecule has 0 unspecified atom stereocenters. The van der Waals surface area contributed by atoms with Gasteiger partial charge in [-0.1, -0.05) is 12.1 Å². The molecule has 0 fully saturated rings. The van der Waals surface area contributed by atoms with Crippen LogP contribution in [0.2, 0.25) is 0 Å². The van der Waals surface area contributed by atoms with Crippen LogP contribution in [0.3, 0.4) is 0 Å². The zero-order valence-electron chi connectivity index (χ0n) is 11.8. The third-order valence-corrected chi connectivity index (χ3v) is 3.27. The molecule has 0 radical (unpaired) electrons. The predicted molar refractivity (Wildman–Crippen MR) is 81.5 cm³/mol. The van der Waals surface area contributed by atoms with E-state index in [2.05, 4.69) is 6.07 Å². The number of carbonyl (C=O) groups excluding carboxylic acids is 1. The zero-order valence-corrected chi connectivity index (χ0v) is 11.8. The molecule has 20 heavy (non-hydrogen) atoms. The van der Waals surface area contributed by atoms with Gasteiger partial charge in [-0.2, -0.15) is 0 Å². The molecule has 3 nitrogen and oxygen atoms in total. The number of benzene rings is 2. The number of hydrogen-bond acceptors (Lipinski definition) is 3. The molecule has 0 bridgehead atoms. The van der Waals surface area contributed by atoms with Crippen molar-refractivity contribution in [3.63, 3.8) is 0 Å². The average molecular weight is 269 g/mol. The summed E-state index contributed by atoms with van der Waals surface area (Å²) in [7, 11) is 0. The fourth-order valence-electron chi connectivity index (χ4n) is 2.12. The molecule has 0 saturated carbocycles. The number of phenolic OH excluding ortho intramolecular Hbond substituents is 1. The van der Waals surface area contributed by atoms with E-state index in [9.17, 15) is 9.90 Å². The second kappa shape index (κ2) is 6.24. The van der Waals surface area contributed by atoms with E-state index in [1.54, 1.807) is 12.1 Å². The van der Waals surface area contributed by atoms with Crippen molar-refractivity contribution in [3.05, 3.63) is 59.7 Å². The first-order valence-corrected chi connectivity index (χ1v) is 6.74. The highest BCUT2D eigenvalue weighted by atomic mass is 16.3. The second-order valence-corrected chi connectivity index (χ2v) is 4.82. The first-order chi connectivity index (χ1) is 9.60. The minimum absolute atomic E-state index is 0.0494. The Balaban J connectivity index is 2.14. The Morgan fingerprint density at radius 1 is 1.15 bits per heavy atom. The SMILES string of the molecule is CCN(CC(=O)c1ccc(O)cc1)c1cccc(C)c1. The second-order valence-electron chi connectivity index (χ2n) is 4.82. The van der Waals surface area contributed by atoms with Gasteiger partial charge >= 0.3 is 0 Å². The van der Waals surface area contributed by atoms with Gasteiger partial charge in [0.1, 0.15) is 5.75 Å². The third-order valence-electron chi connectivity index (χ3n) is 3.27. The first-order valence-electron chi connectivity index (χ1n) is 6.74. The third kappa shape index (κ3) is 3.38. The number of likely N-dealkylation sites (N-methyl/N-ethyl adjacent to an activating group) is 1. The quantitative estimate of drug-likeness (QED) is 0.846. The molecule has 0 atom stereocenters. The highest BCUT2D eigenvalue weighted by Crippen LogP contribution is 2.17. The number of anilines is 1. The van der Waals surface area contributed by atoms with Crippen LogP contribution in [0, 0.1) is 6.92 Å². The minimum Gasteiger partial charge on any atom is -0.508 e. The lowest BCUT2D eigenvalue weighted by molar-refractivity contribution is 0.0999. The Bertz CT molecular complexity index is 590. The van der Waals surface area contributed by atoms with Crippen molar-refractivity contribution in [1.82, 2.24) is 0 Å². The summed E-state index contributed by atoms with van der Waals surface area (Å²) < 4.78 is 0. The molecular formula is C17H19NO2. The van der Waals surface area contributed by atoms with Crippen molar-refractivity contribution >= 4 is 11.5 Å². The number of carbonyl (C=O) groups is 1. The monoisotopic (exact) mass is 269 g/mol. The maximum absolute atomic E-state index is 12.3.